The highest BCUT2D eigenvalue weighted by molar-refractivity contribution is 7.89. The first-order valence-corrected chi connectivity index (χ1v) is 9.19. The molecule has 0 spiro atoms. The fourth-order valence-corrected chi connectivity index (χ4v) is 4.40. The van der Waals surface area contributed by atoms with Gasteiger partial charge in [0.2, 0.25) is 10.0 Å². The minimum absolute atomic E-state index is 0.226. The molecule has 1 fully saturated rings. The summed E-state index contributed by atoms with van der Waals surface area (Å²) in [5.41, 5.74) is 0.698. The molecule has 0 aromatic heterocycles. The lowest BCUT2D eigenvalue weighted by Gasteiger charge is -2.20. The van der Waals surface area contributed by atoms with Gasteiger partial charge in [-0.25, -0.2) is 8.42 Å². The first-order chi connectivity index (χ1) is 9.98. The number of benzene rings is 1. The van der Waals surface area contributed by atoms with E-state index in [1.807, 2.05) is 0 Å². The first-order valence-electron chi connectivity index (χ1n) is 7.22. The molecule has 21 heavy (non-hydrogen) atoms. The lowest BCUT2D eigenvalue weighted by Crippen LogP contribution is -2.32. The van der Waals surface area contributed by atoms with Crippen LogP contribution in [-0.4, -0.2) is 32.9 Å². The van der Waals surface area contributed by atoms with Gasteiger partial charge in [-0.05, 0) is 43.4 Å². The third-order valence-electron chi connectivity index (χ3n) is 4.01. The molecule has 1 heterocycles. The van der Waals surface area contributed by atoms with Crippen molar-refractivity contribution in [2.24, 2.45) is 5.92 Å². The van der Waals surface area contributed by atoms with E-state index in [0.717, 1.165) is 19.3 Å². The largest absolute Gasteiger partial charge is 0.496 e. The van der Waals surface area contributed by atoms with Gasteiger partial charge in [0.05, 0.1) is 17.9 Å². The molecule has 0 bridgehead atoms. The minimum Gasteiger partial charge on any atom is -0.496 e. The first kappa shape index (κ1) is 16.6. The molecule has 4 nitrogen and oxygen atoms in total. The number of nitrogens with zero attached hydrogens (tertiary/aromatic N) is 1. The summed E-state index contributed by atoms with van der Waals surface area (Å²) < 4.78 is 32.3. The molecule has 1 aromatic rings. The maximum absolute atomic E-state index is 12.8. The normalized spacial score (nSPS) is 21.0. The molecule has 0 N–H and O–H groups in total. The highest BCUT2D eigenvalue weighted by atomic mass is 35.5. The second-order valence-electron chi connectivity index (χ2n) is 5.55. The Bertz CT molecular complexity index is 589. The Balaban J connectivity index is 2.30. The second-order valence-corrected chi connectivity index (χ2v) is 7.75. The monoisotopic (exact) mass is 331 g/mol. The number of alkyl halides is 1. The van der Waals surface area contributed by atoms with Crippen LogP contribution in [0.1, 0.15) is 31.7 Å². The van der Waals surface area contributed by atoms with Gasteiger partial charge in [0.25, 0.3) is 0 Å². The summed E-state index contributed by atoms with van der Waals surface area (Å²) in [7, 11) is -1.90. The summed E-state index contributed by atoms with van der Waals surface area (Å²) >= 11 is 5.88. The minimum atomic E-state index is -3.45. The molecule has 1 aliphatic rings. The van der Waals surface area contributed by atoms with Gasteiger partial charge in [-0.2, -0.15) is 4.31 Å². The van der Waals surface area contributed by atoms with Crippen LogP contribution in [0.5, 0.6) is 5.75 Å². The maximum atomic E-state index is 12.8. The van der Waals surface area contributed by atoms with E-state index in [4.69, 9.17) is 16.3 Å². The van der Waals surface area contributed by atoms with Gasteiger partial charge >= 0.3 is 0 Å². The lowest BCUT2D eigenvalue weighted by molar-refractivity contribution is 0.409. The van der Waals surface area contributed by atoms with Crippen LogP contribution in [0, 0.1) is 5.92 Å². The van der Waals surface area contributed by atoms with Crippen molar-refractivity contribution in [2.75, 3.05) is 20.2 Å². The number of ether oxygens (including phenoxy) is 1. The van der Waals surface area contributed by atoms with Crippen LogP contribution in [0.3, 0.4) is 0 Å². The molecular weight excluding hydrogens is 310 g/mol. The van der Waals surface area contributed by atoms with E-state index in [1.165, 1.54) is 0 Å². The number of sulfonamides is 1. The van der Waals surface area contributed by atoms with Crippen molar-refractivity contribution in [1.29, 1.82) is 0 Å². The van der Waals surface area contributed by atoms with E-state index >= 15 is 0 Å². The standard InChI is InChI=1S/C15H22ClNO3S/c1-12-4-3-8-17(9-7-12)21(18,19)14-5-6-15(20-2)13(10-14)11-16/h5-6,10,12H,3-4,7-9,11H2,1-2H3. The van der Waals surface area contributed by atoms with Gasteiger partial charge in [0, 0.05) is 18.7 Å². The third-order valence-corrected chi connectivity index (χ3v) is 6.19. The fraction of sp³-hybridized carbons (Fsp3) is 0.600. The van der Waals surface area contributed by atoms with Crippen molar-refractivity contribution in [1.82, 2.24) is 4.31 Å². The van der Waals surface area contributed by atoms with Gasteiger partial charge in [-0.1, -0.05) is 6.92 Å². The van der Waals surface area contributed by atoms with Gasteiger partial charge in [-0.3, -0.25) is 0 Å². The molecule has 1 aromatic carbocycles. The van der Waals surface area contributed by atoms with E-state index in [-0.39, 0.29) is 5.88 Å². The maximum Gasteiger partial charge on any atom is 0.243 e. The van der Waals surface area contributed by atoms with Gasteiger partial charge in [0.1, 0.15) is 5.75 Å². The van der Waals surface area contributed by atoms with Crippen LogP contribution in [0.15, 0.2) is 23.1 Å². The topological polar surface area (TPSA) is 46.6 Å². The van der Waals surface area contributed by atoms with Crippen molar-refractivity contribution >= 4 is 21.6 Å². The highest BCUT2D eigenvalue weighted by Gasteiger charge is 2.27. The van der Waals surface area contributed by atoms with E-state index in [2.05, 4.69) is 6.92 Å². The van der Waals surface area contributed by atoms with Crippen LogP contribution in [0.25, 0.3) is 0 Å². The number of hydrogen-bond donors (Lipinski definition) is 0. The molecular formula is C15H22ClNO3S. The van der Waals surface area contributed by atoms with Crippen LogP contribution < -0.4 is 4.74 Å². The number of hydrogen-bond acceptors (Lipinski definition) is 3. The van der Waals surface area contributed by atoms with Crippen molar-refractivity contribution in [3.63, 3.8) is 0 Å². The quantitative estimate of drug-likeness (QED) is 0.796. The Hall–Kier alpha value is -0.780. The summed E-state index contributed by atoms with van der Waals surface area (Å²) in [4.78, 5) is 0.300. The van der Waals surface area contributed by atoms with E-state index in [0.29, 0.717) is 35.2 Å². The van der Waals surface area contributed by atoms with Crippen LogP contribution in [-0.2, 0) is 15.9 Å². The van der Waals surface area contributed by atoms with Gasteiger partial charge < -0.3 is 4.74 Å². The van der Waals surface area contributed by atoms with Crippen molar-refractivity contribution in [3.8, 4) is 5.75 Å². The van der Waals surface area contributed by atoms with Gasteiger partial charge in [0.15, 0.2) is 0 Å². The van der Waals surface area contributed by atoms with Crippen molar-refractivity contribution < 1.29 is 13.2 Å². The average Bonchev–Trinajstić information content (AvgIpc) is 2.71. The number of halogens is 1. The molecule has 0 aliphatic carbocycles. The molecule has 2 rings (SSSR count). The van der Waals surface area contributed by atoms with E-state index < -0.39 is 10.0 Å². The van der Waals surface area contributed by atoms with Crippen LogP contribution in [0.4, 0.5) is 0 Å². The Labute approximate surface area is 132 Å². The molecule has 0 radical (unpaired) electrons. The molecule has 0 amide bonds. The summed E-state index contributed by atoms with van der Waals surface area (Å²) in [6.45, 7) is 3.36. The van der Waals surface area contributed by atoms with E-state index in [1.54, 1.807) is 29.6 Å². The summed E-state index contributed by atoms with van der Waals surface area (Å²) in [5.74, 6) is 1.43. The Kier molecular flexibility index (Phi) is 5.52. The smallest absolute Gasteiger partial charge is 0.243 e. The average molecular weight is 332 g/mol. The Morgan fingerprint density at radius 2 is 2.10 bits per heavy atom. The molecule has 1 saturated heterocycles. The van der Waals surface area contributed by atoms with Gasteiger partial charge in [-0.15, -0.1) is 11.6 Å². The molecule has 1 atom stereocenters. The SMILES string of the molecule is COc1ccc(S(=O)(=O)N2CCCC(C)CC2)cc1CCl. The predicted octanol–water partition coefficient (Wildman–Crippen LogP) is 3.24. The Morgan fingerprint density at radius 3 is 2.76 bits per heavy atom. The third kappa shape index (κ3) is 3.71. The zero-order valence-electron chi connectivity index (χ0n) is 12.5. The number of methoxy groups -OCH3 is 1. The molecule has 0 saturated carbocycles. The highest BCUT2D eigenvalue weighted by Crippen LogP contribution is 2.27. The summed E-state index contributed by atoms with van der Waals surface area (Å²) in [5, 5.41) is 0. The zero-order valence-corrected chi connectivity index (χ0v) is 14.1. The van der Waals surface area contributed by atoms with Crippen LogP contribution >= 0.6 is 11.6 Å². The molecule has 6 heteroatoms. The fourth-order valence-electron chi connectivity index (χ4n) is 2.65. The predicted molar refractivity (Wildman–Crippen MR) is 84.3 cm³/mol. The zero-order chi connectivity index (χ0) is 15.5. The van der Waals surface area contributed by atoms with Crippen molar-refractivity contribution in [3.05, 3.63) is 23.8 Å². The molecule has 1 unspecified atom stereocenters. The van der Waals surface area contributed by atoms with Crippen molar-refractivity contribution in [2.45, 2.75) is 37.0 Å². The summed E-state index contributed by atoms with van der Waals surface area (Å²) in [6, 6.07) is 4.89. The van der Waals surface area contributed by atoms with Crippen LogP contribution in [0.2, 0.25) is 0 Å². The number of rotatable bonds is 4. The second kappa shape index (κ2) is 6.99. The molecule has 118 valence electrons. The lowest BCUT2D eigenvalue weighted by atomic mass is 10.0. The molecule has 1 aliphatic heterocycles. The summed E-state index contributed by atoms with van der Waals surface area (Å²) in [6.07, 6.45) is 2.91. The Morgan fingerprint density at radius 1 is 1.33 bits per heavy atom. The van der Waals surface area contributed by atoms with E-state index in [9.17, 15) is 8.42 Å².